The summed E-state index contributed by atoms with van der Waals surface area (Å²) in [5, 5.41) is 14.9. The van der Waals surface area contributed by atoms with Crippen LogP contribution < -0.4 is 10.6 Å². The summed E-state index contributed by atoms with van der Waals surface area (Å²) >= 11 is 0. The number of benzene rings is 3. The molecule has 0 aliphatic rings. The van der Waals surface area contributed by atoms with E-state index in [2.05, 4.69) is 16.7 Å². The normalized spacial score (nSPS) is 9.88. The maximum Gasteiger partial charge on any atom is 0.243 e. The third kappa shape index (κ3) is 4.24. The van der Waals surface area contributed by atoms with Gasteiger partial charge in [0.25, 0.3) is 0 Å². The Labute approximate surface area is 146 Å². The first-order chi connectivity index (χ1) is 12.3. The summed E-state index contributed by atoms with van der Waals surface area (Å²) in [5.74, 6) is -0.169. The lowest BCUT2D eigenvalue weighted by molar-refractivity contribution is -0.114. The molecule has 2 N–H and O–H groups in total. The summed E-state index contributed by atoms with van der Waals surface area (Å²) in [7, 11) is 0. The first kappa shape index (κ1) is 16.3. The maximum atomic E-state index is 12.2. The van der Waals surface area contributed by atoms with Crippen molar-refractivity contribution in [1.29, 1.82) is 5.26 Å². The number of carbonyl (C=O) groups excluding carboxylic acids is 1. The molecule has 0 aliphatic heterocycles. The minimum absolute atomic E-state index is 0.140. The Kier molecular flexibility index (Phi) is 5.08. The van der Waals surface area contributed by atoms with Gasteiger partial charge in [0.05, 0.1) is 18.2 Å². The molecular formula is C21H17N3O. The van der Waals surface area contributed by atoms with Crippen LogP contribution in [0.4, 0.5) is 11.4 Å². The first-order valence-electron chi connectivity index (χ1n) is 7.94. The van der Waals surface area contributed by atoms with Crippen molar-refractivity contribution in [2.75, 3.05) is 17.2 Å². The highest BCUT2D eigenvalue weighted by Gasteiger charge is 2.07. The Bertz CT molecular complexity index is 914. The van der Waals surface area contributed by atoms with Crippen molar-refractivity contribution < 1.29 is 4.79 Å². The standard InChI is InChI=1S/C21H17N3O/c22-14-16-7-6-10-18(13-16)24-21(25)15-23-20-12-5-4-11-19(20)17-8-2-1-3-9-17/h1-13,23H,15H2,(H,24,25). The summed E-state index contributed by atoms with van der Waals surface area (Å²) in [6.45, 7) is 0.140. The van der Waals surface area contributed by atoms with E-state index in [1.807, 2.05) is 54.6 Å². The van der Waals surface area contributed by atoms with Gasteiger partial charge in [0.2, 0.25) is 5.91 Å². The minimum atomic E-state index is -0.169. The third-order valence-electron chi connectivity index (χ3n) is 3.73. The highest BCUT2D eigenvalue weighted by molar-refractivity contribution is 5.94. The molecule has 25 heavy (non-hydrogen) atoms. The summed E-state index contributed by atoms with van der Waals surface area (Å²) in [6, 6.07) is 26.8. The van der Waals surface area contributed by atoms with Crippen LogP contribution in [0, 0.1) is 11.3 Å². The van der Waals surface area contributed by atoms with Gasteiger partial charge in [0, 0.05) is 16.9 Å². The minimum Gasteiger partial charge on any atom is -0.376 e. The molecule has 4 heteroatoms. The van der Waals surface area contributed by atoms with Gasteiger partial charge in [-0.2, -0.15) is 5.26 Å². The number of nitrogens with one attached hydrogen (secondary N) is 2. The van der Waals surface area contributed by atoms with Crippen LogP contribution in [0.3, 0.4) is 0 Å². The van der Waals surface area contributed by atoms with Gasteiger partial charge in [-0.15, -0.1) is 0 Å². The van der Waals surface area contributed by atoms with E-state index in [0.29, 0.717) is 11.3 Å². The molecule has 0 radical (unpaired) electrons. The lowest BCUT2D eigenvalue weighted by Crippen LogP contribution is -2.22. The lowest BCUT2D eigenvalue weighted by Gasteiger charge is -2.12. The molecule has 3 aromatic carbocycles. The van der Waals surface area contributed by atoms with Gasteiger partial charge in [-0.25, -0.2) is 0 Å². The number of hydrogen-bond donors (Lipinski definition) is 2. The van der Waals surface area contributed by atoms with Crippen LogP contribution in [0.2, 0.25) is 0 Å². The van der Waals surface area contributed by atoms with Crippen molar-refractivity contribution >= 4 is 17.3 Å². The Hall–Kier alpha value is -3.58. The van der Waals surface area contributed by atoms with E-state index < -0.39 is 0 Å². The smallest absolute Gasteiger partial charge is 0.243 e. The van der Waals surface area contributed by atoms with E-state index in [0.717, 1.165) is 16.8 Å². The maximum absolute atomic E-state index is 12.2. The highest BCUT2D eigenvalue weighted by Crippen LogP contribution is 2.27. The molecule has 1 amide bonds. The van der Waals surface area contributed by atoms with Gasteiger partial charge in [-0.3, -0.25) is 4.79 Å². The topological polar surface area (TPSA) is 64.9 Å². The molecule has 0 saturated heterocycles. The first-order valence-corrected chi connectivity index (χ1v) is 7.94. The van der Waals surface area contributed by atoms with E-state index >= 15 is 0 Å². The van der Waals surface area contributed by atoms with Crippen LogP contribution in [0.15, 0.2) is 78.9 Å². The summed E-state index contributed by atoms with van der Waals surface area (Å²) in [6.07, 6.45) is 0. The van der Waals surface area contributed by atoms with Crippen molar-refractivity contribution in [1.82, 2.24) is 0 Å². The van der Waals surface area contributed by atoms with Gasteiger partial charge in [-0.05, 0) is 29.8 Å². The molecule has 0 bridgehead atoms. The van der Waals surface area contributed by atoms with Crippen molar-refractivity contribution in [2.45, 2.75) is 0 Å². The van der Waals surface area contributed by atoms with Crippen LogP contribution in [-0.4, -0.2) is 12.5 Å². The number of amides is 1. The fourth-order valence-electron chi connectivity index (χ4n) is 2.55. The van der Waals surface area contributed by atoms with E-state index in [9.17, 15) is 4.79 Å². The van der Waals surface area contributed by atoms with Gasteiger partial charge in [0.15, 0.2) is 0 Å². The number of nitriles is 1. The van der Waals surface area contributed by atoms with Crippen LogP contribution >= 0.6 is 0 Å². The molecule has 3 rings (SSSR count). The molecule has 0 heterocycles. The average Bonchev–Trinajstić information content (AvgIpc) is 2.67. The predicted octanol–water partition coefficient (Wildman–Crippen LogP) is 4.28. The molecule has 122 valence electrons. The fourth-order valence-corrected chi connectivity index (χ4v) is 2.55. The zero-order valence-electron chi connectivity index (χ0n) is 13.6. The molecule has 0 spiro atoms. The molecule has 0 saturated carbocycles. The number of para-hydroxylation sites is 1. The number of rotatable bonds is 5. The number of nitrogens with zero attached hydrogens (tertiary/aromatic N) is 1. The quantitative estimate of drug-likeness (QED) is 0.735. The largest absolute Gasteiger partial charge is 0.376 e. The van der Waals surface area contributed by atoms with E-state index in [1.165, 1.54) is 0 Å². The third-order valence-corrected chi connectivity index (χ3v) is 3.73. The van der Waals surface area contributed by atoms with Gasteiger partial charge in [-0.1, -0.05) is 54.6 Å². The Morgan fingerprint density at radius 2 is 1.68 bits per heavy atom. The zero-order valence-corrected chi connectivity index (χ0v) is 13.6. The molecule has 4 nitrogen and oxygen atoms in total. The second kappa shape index (κ2) is 7.80. The average molecular weight is 327 g/mol. The van der Waals surface area contributed by atoms with Crippen LogP contribution in [-0.2, 0) is 4.79 Å². The predicted molar refractivity (Wildman–Crippen MR) is 100 cm³/mol. The summed E-state index contributed by atoms with van der Waals surface area (Å²) in [5.41, 5.74) is 4.16. The van der Waals surface area contributed by atoms with Crippen LogP contribution in [0.25, 0.3) is 11.1 Å². The van der Waals surface area contributed by atoms with Crippen molar-refractivity contribution in [2.24, 2.45) is 0 Å². The molecule has 0 aliphatic carbocycles. The molecule has 0 atom stereocenters. The SMILES string of the molecule is N#Cc1cccc(NC(=O)CNc2ccccc2-c2ccccc2)c1. The van der Waals surface area contributed by atoms with Gasteiger partial charge in [0.1, 0.15) is 0 Å². The fraction of sp³-hybridized carbons (Fsp3) is 0.0476. The Morgan fingerprint density at radius 3 is 2.48 bits per heavy atom. The highest BCUT2D eigenvalue weighted by atomic mass is 16.1. The van der Waals surface area contributed by atoms with Gasteiger partial charge >= 0.3 is 0 Å². The second-order valence-corrected chi connectivity index (χ2v) is 5.51. The van der Waals surface area contributed by atoms with Crippen molar-refractivity contribution in [3.63, 3.8) is 0 Å². The summed E-state index contributed by atoms with van der Waals surface area (Å²) < 4.78 is 0. The van der Waals surface area contributed by atoms with E-state index in [-0.39, 0.29) is 12.5 Å². The lowest BCUT2D eigenvalue weighted by atomic mass is 10.0. The van der Waals surface area contributed by atoms with E-state index in [4.69, 9.17) is 5.26 Å². The van der Waals surface area contributed by atoms with Crippen molar-refractivity contribution in [3.05, 3.63) is 84.4 Å². The molecular weight excluding hydrogens is 310 g/mol. The molecule has 0 unspecified atom stereocenters. The van der Waals surface area contributed by atoms with E-state index in [1.54, 1.807) is 24.3 Å². The van der Waals surface area contributed by atoms with Crippen LogP contribution in [0.5, 0.6) is 0 Å². The number of hydrogen-bond acceptors (Lipinski definition) is 3. The second-order valence-electron chi connectivity index (χ2n) is 5.51. The summed E-state index contributed by atoms with van der Waals surface area (Å²) in [4.78, 5) is 12.2. The van der Waals surface area contributed by atoms with Gasteiger partial charge < -0.3 is 10.6 Å². The van der Waals surface area contributed by atoms with Crippen LogP contribution in [0.1, 0.15) is 5.56 Å². The molecule has 3 aromatic rings. The monoisotopic (exact) mass is 327 g/mol. The van der Waals surface area contributed by atoms with Crippen molar-refractivity contribution in [3.8, 4) is 17.2 Å². The molecule has 0 aromatic heterocycles. The zero-order chi connectivity index (χ0) is 17.5. The number of anilines is 2. The number of carbonyl (C=O) groups is 1. The Balaban J connectivity index is 1.68. The molecule has 0 fully saturated rings. The Morgan fingerprint density at radius 1 is 0.920 bits per heavy atom.